The minimum atomic E-state index is 0.0633. The highest BCUT2D eigenvalue weighted by atomic mass is 79.9. The van der Waals surface area contributed by atoms with Crippen LogP contribution in [0.1, 0.15) is 19.4 Å². The van der Waals surface area contributed by atoms with Gasteiger partial charge in [-0.1, -0.05) is 21.1 Å². The van der Waals surface area contributed by atoms with E-state index in [1.807, 2.05) is 26.0 Å². The summed E-state index contributed by atoms with van der Waals surface area (Å²) >= 11 is 6.75. The predicted molar refractivity (Wildman–Crippen MR) is 67.0 cm³/mol. The fourth-order valence-electron chi connectivity index (χ4n) is 1.10. The van der Waals surface area contributed by atoms with Crippen LogP contribution in [0, 0.1) is 0 Å². The molecule has 3 nitrogen and oxygen atoms in total. The molecule has 0 atom stereocenters. The molecule has 0 saturated carbocycles. The first-order valence-electron chi connectivity index (χ1n) is 4.37. The van der Waals surface area contributed by atoms with Gasteiger partial charge in [-0.05, 0) is 41.9 Å². The lowest BCUT2D eigenvalue weighted by atomic mass is 10.2. The summed E-state index contributed by atoms with van der Waals surface area (Å²) in [5, 5.41) is 11.6. The van der Waals surface area contributed by atoms with Crippen molar-refractivity contribution in [2.75, 3.05) is 0 Å². The smallest absolute Gasteiger partial charge is 0.142 e. The Morgan fingerprint density at radius 2 is 2.07 bits per heavy atom. The zero-order valence-corrected chi connectivity index (χ0v) is 11.5. The number of halogens is 2. The van der Waals surface area contributed by atoms with Gasteiger partial charge < -0.3 is 9.94 Å². The predicted octanol–water partition coefficient (Wildman–Crippen LogP) is 3.81. The van der Waals surface area contributed by atoms with Gasteiger partial charge in [0.2, 0.25) is 0 Å². The fourth-order valence-corrected chi connectivity index (χ4v) is 2.45. The van der Waals surface area contributed by atoms with Crippen LogP contribution in [0.25, 0.3) is 0 Å². The van der Waals surface area contributed by atoms with Gasteiger partial charge in [0.05, 0.1) is 16.8 Å². The maximum Gasteiger partial charge on any atom is 0.142 e. The number of hydrogen-bond donors (Lipinski definition) is 1. The van der Waals surface area contributed by atoms with Gasteiger partial charge in [0.15, 0.2) is 0 Å². The Kier molecular flexibility index (Phi) is 4.60. The maximum atomic E-state index is 8.54. The molecule has 0 fully saturated rings. The lowest BCUT2D eigenvalue weighted by Gasteiger charge is -2.14. The number of hydrogen-bond acceptors (Lipinski definition) is 3. The molecule has 82 valence electrons. The van der Waals surface area contributed by atoms with Crippen LogP contribution in [-0.4, -0.2) is 17.5 Å². The second-order valence-corrected chi connectivity index (χ2v) is 4.99. The van der Waals surface area contributed by atoms with E-state index in [-0.39, 0.29) is 6.10 Å². The third kappa shape index (κ3) is 3.50. The van der Waals surface area contributed by atoms with Crippen molar-refractivity contribution < 1.29 is 9.94 Å². The summed E-state index contributed by atoms with van der Waals surface area (Å²) in [6.45, 7) is 3.88. The molecule has 0 aliphatic heterocycles. The number of oxime groups is 1. The molecule has 5 heteroatoms. The normalized spacial score (nSPS) is 11.3. The Morgan fingerprint density at radius 3 is 2.60 bits per heavy atom. The zero-order valence-electron chi connectivity index (χ0n) is 8.37. The highest BCUT2D eigenvalue weighted by Gasteiger charge is 2.10. The van der Waals surface area contributed by atoms with Crippen molar-refractivity contribution in [2.24, 2.45) is 5.16 Å². The Hall–Kier alpha value is -0.550. The van der Waals surface area contributed by atoms with Gasteiger partial charge in [-0.25, -0.2) is 0 Å². The fraction of sp³-hybridized carbons (Fsp3) is 0.300. The van der Waals surface area contributed by atoms with E-state index < -0.39 is 0 Å². The third-order valence-electron chi connectivity index (χ3n) is 1.59. The van der Waals surface area contributed by atoms with Gasteiger partial charge in [0.1, 0.15) is 5.75 Å². The minimum absolute atomic E-state index is 0.0633. The molecule has 1 aromatic rings. The van der Waals surface area contributed by atoms with Crippen molar-refractivity contribution in [1.82, 2.24) is 0 Å². The summed E-state index contributed by atoms with van der Waals surface area (Å²) in [6, 6.07) is 3.70. The van der Waals surface area contributed by atoms with E-state index >= 15 is 0 Å². The highest BCUT2D eigenvalue weighted by Crippen LogP contribution is 2.32. The van der Waals surface area contributed by atoms with Crippen LogP contribution in [0.2, 0.25) is 0 Å². The summed E-state index contributed by atoms with van der Waals surface area (Å²) in [5.74, 6) is 0.672. The first-order chi connectivity index (χ1) is 7.04. The molecule has 15 heavy (non-hydrogen) atoms. The highest BCUT2D eigenvalue weighted by molar-refractivity contribution is 9.11. The molecule has 1 aromatic carbocycles. The van der Waals surface area contributed by atoms with Crippen molar-refractivity contribution >= 4 is 38.1 Å². The standard InChI is InChI=1S/C10H11Br2NO2/c1-6(2)15-10-7(5-13-14)3-8(11)4-9(10)12/h3-6,14H,1-2H3/b13-5-. The van der Waals surface area contributed by atoms with Crippen LogP contribution >= 0.6 is 31.9 Å². The average molecular weight is 337 g/mol. The van der Waals surface area contributed by atoms with Crippen molar-refractivity contribution in [2.45, 2.75) is 20.0 Å². The maximum absolute atomic E-state index is 8.54. The molecule has 1 rings (SSSR count). The molecule has 0 spiro atoms. The van der Waals surface area contributed by atoms with Gasteiger partial charge in [-0.2, -0.15) is 0 Å². The van der Waals surface area contributed by atoms with E-state index in [0.29, 0.717) is 11.3 Å². The number of benzene rings is 1. The first kappa shape index (κ1) is 12.5. The Morgan fingerprint density at radius 1 is 1.40 bits per heavy atom. The van der Waals surface area contributed by atoms with Crippen LogP contribution in [0.5, 0.6) is 5.75 Å². The van der Waals surface area contributed by atoms with Gasteiger partial charge in [-0.3, -0.25) is 0 Å². The van der Waals surface area contributed by atoms with Crippen LogP contribution in [0.4, 0.5) is 0 Å². The lowest BCUT2D eigenvalue weighted by Crippen LogP contribution is -2.08. The molecule has 0 aliphatic carbocycles. The summed E-state index contributed by atoms with van der Waals surface area (Å²) in [4.78, 5) is 0. The van der Waals surface area contributed by atoms with Crippen LogP contribution in [-0.2, 0) is 0 Å². The lowest BCUT2D eigenvalue weighted by molar-refractivity contribution is 0.240. The second kappa shape index (κ2) is 5.51. The van der Waals surface area contributed by atoms with E-state index in [1.54, 1.807) is 0 Å². The van der Waals surface area contributed by atoms with Gasteiger partial charge in [0.25, 0.3) is 0 Å². The minimum Gasteiger partial charge on any atom is -0.489 e. The van der Waals surface area contributed by atoms with Crippen molar-refractivity contribution in [3.8, 4) is 5.75 Å². The topological polar surface area (TPSA) is 41.8 Å². The molecular weight excluding hydrogens is 326 g/mol. The Balaban J connectivity index is 3.20. The van der Waals surface area contributed by atoms with E-state index in [4.69, 9.17) is 9.94 Å². The monoisotopic (exact) mass is 335 g/mol. The SMILES string of the molecule is CC(C)Oc1c(Br)cc(Br)cc1/C=N\O. The van der Waals surface area contributed by atoms with Crippen molar-refractivity contribution in [3.63, 3.8) is 0 Å². The molecule has 0 bridgehead atoms. The number of nitrogens with zero attached hydrogens (tertiary/aromatic N) is 1. The summed E-state index contributed by atoms with van der Waals surface area (Å²) in [7, 11) is 0. The Bertz CT molecular complexity index is 378. The van der Waals surface area contributed by atoms with E-state index in [0.717, 1.165) is 8.95 Å². The van der Waals surface area contributed by atoms with Crippen LogP contribution in [0.15, 0.2) is 26.2 Å². The van der Waals surface area contributed by atoms with Crippen LogP contribution < -0.4 is 4.74 Å². The van der Waals surface area contributed by atoms with Crippen molar-refractivity contribution in [1.29, 1.82) is 0 Å². The van der Waals surface area contributed by atoms with Gasteiger partial charge >= 0.3 is 0 Å². The quantitative estimate of drug-likeness (QED) is 0.518. The summed E-state index contributed by atoms with van der Waals surface area (Å²) in [6.07, 6.45) is 1.40. The largest absolute Gasteiger partial charge is 0.489 e. The molecule has 0 heterocycles. The second-order valence-electron chi connectivity index (χ2n) is 3.22. The van der Waals surface area contributed by atoms with Gasteiger partial charge in [-0.15, -0.1) is 0 Å². The molecule has 0 saturated heterocycles. The number of rotatable bonds is 3. The number of ether oxygens (including phenoxy) is 1. The molecule has 0 unspecified atom stereocenters. The zero-order chi connectivity index (χ0) is 11.4. The average Bonchev–Trinajstić information content (AvgIpc) is 2.11. The molecule has 0 aromatic heterocycles. The van der Waals surface area contributed by atoms with E-state index in [9.17, 15) is 0 Å². The summed E-state index contributed by atoms with van der Waals surface area (Å²) in [5.41, 5.74) is 0.715. The van der Waals surface area contributed by atoms with E-state index in [1.165, 1.54) is 6.21 Å². The first-order valence-corrected chi connectivity index (χ1v) is 5.96. The molecule has 0 radical (unpaired) electrons. The molecular formula is C10H11Br2NO2. The van der Waals surface area contributed by atoms with E-state index in [2.05, 4.69) is 37.0 Å². The van der Waals surface area contributed by atoms with Crippen LogP contribution in [0.3, 0.4) is 0 Å². The van der Waals surface area contributed by atoms with Crippen molar-refractivity contribution in [3.05, 3.63) is 26.6 Å². The molecule has 0 amide bonds. The third-order valence-corrected chi connectivity index (χ3v) is 2.63. The van der Waals surface area contributed by atoms with Gasteiger partial charge in [0, 0.05) is 10.0 Å². The summed E-state index contributed by atoms with van der Waals surface area (Å²) < 4.78 is 7.32. The Labute approximate surface area is 105 Å². The molecule has 0 aliphatic rings. The molecule has 1 N–H and O–H groups in total.